The van der Waals surface area contributed by atoms with E-state index in [1.54, 1.807) is 6.20 Å². The first-order valence-electron chi connectivity index (χ1n) is 6.57. The van der Waals surface area contributed by atoms with Crippen LogP contribution in [-0.2, 0) is 0 Å². The zero-order valence-electron chi connectivity index (χ0n) is 11.7. The Labute approximate surface area is 114 Å². The normalized spacial score (nSPS) is 12.2. The van der Waals surface area contributed by atoms with Crippen molar-refractivity contribution in [2.45, 2.75) is 26.4 Å². The third-order valence-electron chi connectivity index (χ3n) is 3.36. The quantitative estimate of drug-likeness (QED) is 0.908. The summed E-state index contributed by atoms with van der Waals surface area (Å²) in [7, 11) is 2.02. The Morgan fingerprint density at radius 2 is 1.95 bits per heavy atom. The van der Waals surface area contributed by atoms with E-state index < -0.39 is 6.10 Å². The van der Waals surface area contributed by atoms with Gasteiger partial charge in [-0.1, -0.05) is 25.1 Å². The van der Waals surface area contributed by atoms with Gasteiger partial charge in [0.2, 0.25) is 0 Å². The highest BCUT2D eigenvalue weighted by Crippen LogP contribution is 2.26. The van der Waals surface area contributed by atoms with Crippen molar-refractivity contribution in [2.75, 3.05) is 11.9 Å². The number of rotatable bonds is 4. The molecule has 100 valence electrons. The first-order chi connectivity index (χ1) is 9.13. The van der Waals surface area contributed by atoms with E-state index >= 15 is 0 Å². The second kappa shape index (κ2) is 5.85. The average molecular weight is 256 g/mol. The van der Waals surface area contributed by atoms with Gasteiger partial charge in [0.05, 0.1) is 23.7 Å². The molecular weight excluding hydrogens is 236 g/mol. The second-order valence-electron chi connectivity index (χ2n) is 4.71. The Balaban J connectivity index is 2.25. The van der Waals surface area contributed by atoms with E-state index in [0.29, 0.717) is 6.42 Å². The Morgan fingerprint density at radius 3 is 2.53 bits per heavy atom. The lowest BCUT2D eigenvalue weighted by Crippen LogP contribution is -2.11. The highest BCUT2D eigenvalue weighted by Gasteiger charge is 2.09. The molecule has 0 aliphatic carbocycles. The summed E-state index contributed by atoms with van der Waals surface area (Å²) in [4.78, 5) is 6.44. The number of aromatic nitrogens is 1. The van der Waals surface area contributed by atoms with Crippen LogP contribution in [0.1, 0.15) is 30.7 Å². The molecule has 0 saturated heterocycles. The molecule has 0 bridgehead atoms. The van der Waals surface area contributed by atoms with Gasteiger partial charge >= 0.3 is 0 Å². The molecule has 0 spiro atoms. The highest BCUT2D eigenvalue weighted by atomic mass is 16.3. The number of benzene rings is 1. The number of anilines is 2. The Kier molecular flexibility index (Phi) is 4.17. The fourth-order valence-electron chi connectivity index (χ4n) is 2.08. The van der Waals surface area contributed by atoms with Crippen LogP contribution < -0.4 is 4.90 Å². The van der Waals surface area contributed by atoms with Crippen LogP contribution in [-0.4, -0.2) is 17.1 Å². The summed E-state index contributed by atoms with van der Waals surface area (Å²) in [6.07, 6.45) is 2.01. The van der Waals surface area contributed by atoms with Crippen LogP contribution in [0, 0.1) is 6.92 Å². The molecule has 0 radical (unpaired) electrons. The molecule has 1 atom stereocenters. The lowest BCUT2D eigenvalue weighted by atomic mass is 10.1. The van der Waals surface area contributed by atoms with Gasteiger partial charge in [-0.3, -0.25) is 4.98 Å². The van der Waals surface area contributed by atoms with E-state index in [0.717, 1.165) is 17.1 Å². The van der Waals surface area contributed by atoms with Gasteiger partial charge in [-0.15, -0.1) is 0 Å². The van der Waals surface area contributed by atoms with Gasteiger partial charge in [-0.05, 0) is 37.1 Å². The van der Waals surface area contributed by atoms with Gasteiger partial charge in [0.1, 0.15) is 0 Å². The minimum Gasteiger partial charge on any atom is -0.387 e. The van der Waals surface area contributed by atoms with Crippen LogP contribution in [0.25, 0.3) is 0 Å². The number of nitrogens with zero attached hydrogens (tertiary/aromatic N) is 2. The molecule has 2 rings (SSSR count). The molecule has 1 aromatic heterocycles. The monoisotopic (exact) mass is 256 g/mol. The van der Waals surface area contributed by atoms with E-state index in [9.17, 15) is 5.11 Å². The van der Waals surface area contributed by atoms with Gasteiger partial charge < -0.3 is 10.0 Å². The number of hydrogen-bond donors (Lipinski definition) is 1. The number of hydrogen-bond acceptors (Lipinski definition) is 3. The SMILES string of the molecule is CC[C@@H](O)c1ccc(N(C)c2ccccc2C)cn1. The zero-order chi connectivity index (χ0) is 13.8. The molecule has 1 N–H and O–H groups in total. The molecule has 2 aromatic rings. The molecule has 0 unspecified atom stereocenters. The molecule has 0 aliphatic heterocycles. The number of aliphatic hydroxyl groups excluding tert-OH is 1. The minimum atomic E-state index is -0.474. The van der Waals surface area contributed by atoms with E-state index in [-0.39, 0.29) is 0 Å². The van der Waals surface area contributed by atoms with Crippen LogP contribution >= 0.6 is 0 Å². The number of para-hydroxylation sites is 1. The van der Waals surface area contributed by atoms with E-state index in [1.807, 2.05) is 38.2 Å². The number of aliphatic hydroxyl groups is 1. The van der Waals surface area contributed by atoms with Crippen molar-refractivity contribution in [2.24, 2.45) is 0 Å². The van der Waals surface area contributed by atoms with Crippen molar-refractivity contribution < 1.29 is 5.11 Å². The predicted octanol–water partition coefficient (Wildman–Crippen LogP) is 3.60. The van der Waals surface area contributed by atoms with E-state index in [2.05, 4.69) is 28.9 Å². The maximum atomic E-state index is 9.74. The molecule has 0 fully saturated rings. The van der Waals surface area contributed by atoms with Crippen LogP contribution in [0.2, 0.25) is 0 Å². The maximum absolute atomic E-state index is 9.74. The predicted molar refractivity (Wildman–Crippen MR) is 78.7 cm³/mol. The van der Waals surface area contributed by atoms with E-state index in [4.69, 9.17) is 0 Å². The average Bonchev–Trinajstić information content (AvgIpc) is 2.46. The third kappa shape index (κ3) is 2.93. The van der Waals surface area contributed by atoms with Crippen molar-refractivity contribution in [3.05, 3.63) is 53.9 Å². The molecule has 3 heteroatoms. The van der Waals surface area contributed by atoms with Crippen molar-refractivity contribution in [1.29, 1.82) is 0 Å². The lowest BCUT2D eigenvalue weighted by molar-refractivity contribution is 0.169. The number of pyridine rings is 1. The standard InChI is InChI=1S/C16H20N2O/c1-4-16(19)14-10-9-13(11-17-14)18(3)15-8-6-5-7-12(15)2/h5-11,16,19H,4H2,1-3H3/t16-/m1/s1. The summed E-state index contributed by atoms with van der Waals surface area (Å²) in [5.74, 6) is 0. The van der Waals surface area contributed by atoms with Crippen molar-refractivity contribution >= 4 is 11.4 Å². The van der Waals surface area contributed by atoms with Crippen LogP contribution in [0.3, 0.4) is 0 Å². The smallest absolute Gasteiger partial charge is 0.0957 e. The zero-order valence-corrected chi connectivity index (χ0v) is 11.7. The molecule has 0 saturated carbocycles. The van der Waals surface area contributed by atoms with Crippen LogP contribution in [0.15, 0.2) is 42.6 Å². The van der Waals surface area contributed by atoms with Gasteiger partial charge in [0, 0.05) is 12.7 Å². The van der Waals surface area contributed by atoms with E-state index in [1.165, 1.54) is 5.56 Å². The fraction of sp³-hybridized carbons (Fsp3) is 0.312. The number of aryl methyl sites for hydroxylation is 1. The summed E-state index contributed by atoms with van der Waals surface area (Å²) in [5, 5.41) is 9.74. The topological polar surface area (TPSA) is 36.4 Å². The Hall–Kier alpha value is -1.87. The molecule has 0 amide bonds. The van der Waals surface area contributed by atoms with Crippen molar-refractivity contribution in [3.8, 4) is 0 Å². The second-order valence-corrected chi connectivity index (χ2v) is 4.71. The van der Waals surface area contributed by atoms with Crippen molar-refractivity contribution in [3.63, 3.8) is 0 Å². The fourth-order valence-corrected chi connectivity index (χ4v) is 2.08. The molecule has 1 aromatic carbocycles. The van der Waals surface area contributed by atoms with Crippen molar-refractivity contribution in [1.82, 2.24) is 4.98 Å². The Bertz CT molecular complexity index is 537. The van der Waals surface area contributed by atoms with Gasteiger partial charge in [0.15, 0.2) is 0 Å². The maximum Gasteiger partial charge on any atom is 0.0957 e. The molecule has 0 aliphatic rings. The first-order valence-corrected chi connectivity index (χ1v) is 6.57. The van der Waals surface area contributed by atoms with Gasteiger partial charge in [0.25, 0.3) is 0 Å². The molecular formula is C16H20N2O. The summed E-state index contributed by atoms with van der Waals surface area (Å²) < 4.78 is 0. The molecule has 19 heavy (non-hydrogen) atoms. The molecule has 1 heterocycles. The lowest BCUT2D eigenvalue weighted by Gasteiger charge is -2.21. The van der Waals surface area contributed by atoms with Crippen LogP contribution in [0.4, 0.5) is 11.4 Å². The Morgan fingerprint density at radius 1 is 1.21 bits per heavy atom. The molecule has 3 nitrogen and oxygen atoms in total. The summed E-state index contributed by atoms with van der Waals surface area (Å²) in [6.45, 7) is 4.04. The largest absolute Gasteiger partial charge is 0.387 e. The van der Waals surface area contributed by atoms with Gasteiger partial charge in [-0.2, -0.15) is 0 Å². The summed E-state index contributed by atoms with van der Waals surface area (Å²) in [5.41, 5.74) is 4.13. The third-order valence-corrected chi connectivity index (χ3v) is 3.36. The first kappa shape index (κ1) is 13.6. The summed E-state index contributed by atoms with van der Waals surface area (Å²) >= 11 is 0. The highest BCUT2D eigenvalue weighted by molar-refractivity contribution is 5.64. The van der Waals surface area contributed by atoms with Gasteiger partial charge in [-0.25, -0.2) is 0 Å². The minimum absolute atomic E-state index is 0.474. The van der Waals surface area contributed by atoms with Crippen LogP contribution in [0.5, 0.6) is 0 Å². The summed E-state index contributed by atoms with van der Waals surface area (Å²) in [6, 6.07) is 12.1.